The fourth-order valence-electron chi connectivity index (χ4n) is 4.43. The van der Waals surface area contributed by atoms with Gasteiger partial charge in [-0.1, -0.05) is 86.1 Å². The molecule has 0 aliphatic rings. The number of carbonyl (C=O) groups excluding carboxylic acids is 2. The largest absolute Gasteiger partial charge is 0.355 e. The Morgan fingerprint density at radius 2 is 1.51 bits per heavy atom. The SMILES string of the molecule is CCNC(=O)C(Cc1ccccc1)N(Cc1ccc(Cl)cc1)C(=O)CN(c1ccccc1C(C)C)S(C)(=O)=O. The number of hydrogen-bond acceptors (Lipinski definition) is 4. The number of anilines is 1. The molecular formula is C30H36ClN3O4S. The number of benzene rings is 3. The molecule has 39 heavy (non-hydrogen) atoms. The molecule has 3 rings (SSSR count). The number of nitrogens with one attached hydrogen (secondary N) is 1. The predicted octanol–water partition coefficient (Wildman–Crippen LogP) is 5.01. The molecule has 0 radical (unpaired) electrons. The van der Waals surface area contributed by atoms with E-state index >= 15 is 0 Å². The van der Waals surface area contributed by atoms with E-state index in [0.29, 0.717) is 17.3 Å². The van der Waals surface area contributed by atoms with Crippen LogP contribution in [0, 0.1) is 0 Å². The van der Waals surface area contributed by atoms with Crippen molar-refractivity contribution < 1.29 is 18.0 Å². The van der Waals surface area contributed by atoms with Gasteiger partial charge in [-0.15, -0.1) is 0 Å². The molecule has 0 bridgehead atoms. The highest BCUT2D eigenvalue weighted by Crippen LogP contribution is 2.29. The van der Waals surface area contributed by atoms with E-state index in [4.69, 9.17) is 11.6 Å². The van der Waals surface area contributed by atoms with Gasteiger partial charge in [-0.2, -0.15) is 0 Å². The molecule has 2 amide bonds. The third-order valence-corrected chi connectivity index (χ3v) is 7.77. The van der Waals surface area contributed by atoms with Crippen molar-refractivity contribution >= 4 is 39.1 Å². The molecule has 0 heterocycles. The van der Waals surface area contributed by atoms with Gasteiger partial charge < -0.3 is 10.2 Å². The van der Waals surface area contributed by atoms with Crippen molar-refractivity contribution in [1.29, 1.82) is 0 Å². The monoisotopic (exact) mass is 569 g/mol. The molecule has 3 aromatic rings. The van der Waals surface area contributed by atoms with Crippen LogP contribution in [0.4, 0.5) is 5.69 Å². The average molecular weight is 570 g/mol. The van der Waals surface area contributed by atoms with Gasteiger partial charge in [-0.3, -0.25) is 13.9 Å². The lowest BCUT2D eigenvalue weighted by Crippen LogP contribution is -2.53. The number of sulfonamides is 1. The number of amides is 2. The summed E-state index contributed by atoms with van der Waals surface area (Å²) in [4.78, 5) is 28.9. The Morgan fingerprint density at radius 3 is 2.10 bits per heavy atom. The molecule has 9 heteroatoms. The molecule has 208 valence electrons. The van der Waals surface area contributed by atoms with Gasteiger partial charge in [0, 0.05) is 24.5 Å². The molecule has 0 aliphatic carbocycles. The zero-order valence-corrected chi connectivity index (χ0v) is 24.4. The van der Waals surface area contributed by atoms with E-state index < -0.39 is 28.5 Å². The molecule has 0 aliphatic heterocycles. The molecule has 7 nitrogen and oxygen atoms in total. The Kier molecular flexibility index (Phi) is 10.5. The lowest BCUT2D eigenvalue weighted by molar-refractivity contribution is -0.140. The zero-order chi connectivity index (χ0) is 28.6. The second-order valence-corrected chi connectivity index (χ2v) is 12.1. The minimum absolute atomic E-state index is 0.0342. The quantitative estimate of drug-likeness (QED) is 0.332. The topological polar surface area (TPSA) is 86.8 Å². The summed E-state index contributed by atoms with van der Waals surface area (Å²) in [6.07, 6.45) is 1.36. The smallest absolute Gasteiger partial charge is 0.244 e. The number of rotatable bonds is 12. The van der Waals surface area contributed by atoms with Crippen molar-refractivity contribution in [2.45, 2.75) is 45.7 Å². The molecule has 3 aromatic carbocycles. The maximum atomic E-state index is 14.1. The highest BCUT2D eigenvalue weighted by molar-refractivity contribution is 7.92. The lowest BCUT2D eigenvalue weighted by atomic mass is 10.0. The van der Waals surface area contributed by atoms with Gasteiger partial charge >= 0.3 is 0 Å². The number of hydrogen-bond donors (Lipinski definition) is 1. The molecule has 1 unspecified atom stereocenters. The van der Waals surface area contributed by atoms with Crippen LogP contribution in [0.5, 0.6) is 0 Å². The third-order valence-electron chi connectivity index (χ3n) is 6.39. The van der Waals surface area contributed by atoms with Crippen LogP contribution in [0.2, 0.25) is 5.02 Å². The molecule has 0 saturated carbocycles. The third kappa shape index (κ3) is 8.31. The molecular weight excluding hydrogens is 534 g/mol. The summed E-state index contributed by atoms with van der Waals surface area (Å²) in [6.45, 7) is 5.81. The van der Waals surface area contributed by atoms with Gasteiger partial charge in [0.1, 0.15) is 12.6 Å². The van der Waals surface area contributed by atoms with Gasteiger partial charge in [0.25, 0.3) is 0 Å². The fourth-order valence-corrected chi connectivity index (χ4v) is 5.42. The summed E-state index contributed by atoms with van der Waals surface area (Å²) in [5.41, 5.74) is 2.91. The molecule has 0 aromatic heterocycles. The first-order valence-corrected chi connectivity index (χ1v) is 15.2. The standard InChI is InChI=1S/C30H36ClN3O4S/c1-5-32-30(36)28(19-23-11-7-6-8-12-23)33(20-24-15-17-25(31)18-16-24)29(35)21-34(39(4,37)38)27-14-10-9-13-26(27)22(2)3/h6-18,22,28H,5,19-21H2,1-4H3,(H,32,36). The van der Waals surface area contributed by atoms with Crippen molar-refractivity contribution in [3.63, 3.8) is 0 Å². The first-order chi connectivity index (χ1) is 18.5. The Bertz CT molecular complexity index is 1360. The number of para-hydroxylation sites is 1. The Balaban J connectivity index is 2.07. The first kappa shape index (κ1) is 30.2. The van der Waals surface area contributed by atoms with Gasteiger partial charge in [-0.25, -0.2) is 8.42 Å². The summed E-state index contributed by atoms with van der Waals surface area (Å²) < 4.78 is 27.2. The second kappa shape index (κ2) is 13.6. The number of nitrogens with zero attached hydrogens (tertiary/aromatic N) is 2. The Hall–Kier alpha value is -3.36. The van der Waals surface area contributed by atoms with Gasteiger partial charge in [0.2, 0.25) is 21.8 Å². The number of carbonyl (C=O) groups is 2. The highest BCUT2D eigenvalue weighted by Gasteiger charge is 2.33. The molecule has 0 fully saturated rings. The highest BCUT2D eigenvalue weighted by atomic mass is 35.5. The van der Waals surface area contributed by atoms with Crippen molar-refractivity contribution in [1.82, 2.24) is 10.2 Å². The Labute approximate surface area is 236 Å². The second-order valence-electron chi connectivity index (χ2n) is 9.73. The van der Waals surface area contributed by atoms with Gasteiger partial charge in [0.15, 0.2) is 0 Å². The number of halogens is 1. The number of likely N-dealkylation sites (N-methyl/N-ethyl adjacent to an activating group) is 1. The van der Waals surface area contributed by atoms with E-state index in [1.807, 2.05) is 63.2 Å². The van der Waals surface area contributed by atoms with E-state index in [9.17, 15) is 18.0 Å². The minimum atomic E-state index is -3.83. The Morgan fingerprint density at radius 1 is 0.897 bits per heavy atom. The normalized spacial score (nSPS) is 12.2. The van der Waals surface area contributed by atoms with Crippen LogP contribution >= 0.6 is 11.6 Å². The summed E-state index contributed by atoms with van der Waals surface area (Å²) in [6, 6.07) is 22.8. The van der Waals surface area contributed by atoms with E-state index in [2.05, 4.69) is 5.32 Å². The van der Waals surface area contributed by atoms with Crippen LogP contribution in [0.1, 0.15) is 43.4 Å². The van der Waals surface area contributed by atoms with Crippen LogP contribution in [-0.2, 0) is 32.6 Å². The molecule has 1 atom stereocenters. The van der Waals surface area contributed by atoms with Crippen LogP contribution in [0.15, 0.2) is 78.9 Å². The molecule has 0 spiro atoms. The summed E-state index contributed by atoms with van der Waals surface area (Å²) in [5, 5.41) is 3.40. The van der Waals surface area contributed by atoms with E-state index in [0.717, 1.165) is 27.3 Å². The molecule has 0 saturated heterocycles. The van der Waals surface area contributed by atoms with Crippen molar-refractivity contribution in [3.05, 3.63) is 101 Å². The summed E-state index contributed by atoms with van der Waals surface area (Å²) in [7, 11) is -3.83. The van der Waals surface area contributed by atoms with E-state index in [1.54, 1.807) is 36.4 Å². The minimum Gasteiger partial charge on any atom is -0.355 e. The van der Waals surface area contributed by atoms with Crippen molar-refractivity contribution in [2.75, 3.05) is 23.7 Å². The zero-order valence-electron chi connectivity index (χ0n) is 22.8. The van der Waals surface area contributed by atoms with Gasteiger partial charge in [-0.05, 0) is 47.7 Å². The maximum Gasteiger partial charge on any atom is 0.244 e. The predicted molar refractivity (Wildman–Crippen MR) is 157 cm³/mol. The van der Waals surface area contributed by atoms with E-state index in [1.165, 1.54) is 4.90 Å². The average Bonchev–Trinajstić information content (AvgIpc) is 2.90. The maximum absolute atomic E-state index is 14.1. The fraction of sp³-hybridized carbons (Fsp3) is 0.333. The van der Waals surface area contributed by atoms with Gasteiger partial charge in [0.05, 0.1) is 11.9 Å². The van der Waals surface area contributed by atoms with E-state index in [-0.39, 0.29) is 24.8 Å². The van der Waals surface area contributed by atoms with Crippen molar-refractivity contribution in [3.8, 4) is 0 Å². The van der Waals surface area contributed by atoms with Crippen LogP contribution in [0.3, 0.4) is 0 Å². The summed E-state index contributed by atoms with van der Waals surface area (Å²) in [5.74, 6) is -0.759. The van der Waals surface area contributed by atoms with Crippen molar-refractivity contribution in [2.24, 2.45) is 0 Å². The van der Waals surface area contributed by atoms with Crippen LogP contribution in [-0.4, -0.2) is 50.5 Å². The molecule has 1 N–H and O–H groups in total. The van der Waals surface area contributed by atoms with Crippen LogP contribution < -0.4 is 9.62 Å². The first-order valence-electron chi connectivity index (χ1n) is 12.9. The van der Waals surface area contributed by atoms with Crippen LogP contribution in [0.25, 0.3) is 0 Å². The lowest BCUT2D eigenvalue weighted by Gasteiger charge is -2.34. The summed E-state index contributed by atoms with van der Waals surface area (Å²) >= 11 is 6.08.